The number of benzene rings is 3. The van der Waals surface area contributed by atoms with Crippen LogP contribution < -0.4 is 9.47 Å². The molecule has 43 heavy (non-hydrogen) atoms. The second-order valence-corrected chi connectivity index (χ2v) is 12.9. The maximum Gasteiger partial charge on any atom is 0.195 e. The van der Waals surface area contributed by atoms with Gasteiger partial charge in [0, 0.05) is 39.2 Å². The molecule has 0 spiro atoms. The molecule has 1 aromatic heterocycles. The van der Waals surface area contributed by atoms with E-state index in [4.69, 9.17) is 9.47 Å². The summed E-state index contributed by atoms with van der Waals surface area (Å²) in [5, 5.41) is 1.01. The Hall–Kier alpha value is -3.19. The smallest absolute Gasteiger partial charge is 0.195 e. The fraction of sp³-hybridized carbons (Fsp3) is 0.432. The second-order valence-electron chi connectivity index (χ2n) is 11.9. The molecule has 6 rings (SSSR count). The predicted molar refractivity (Wildman–Crippen MR) is 178 cm³/mol. The zero-order chi connectivity index (χ0) is 29.4. The third kappa shape index (κ3) is 7.31. The van der Waals surface area contributed by atoms with Gasteiger partial charge in [0.15, 0.2) is 5.78 Å². The van der Waals surface area contributed by atoms with E-state index in [9.17, 15) is 4.79 Å². The lowest BCUT2D eigenvalue weighted by molar-refractivity contribution is 0.104. The van der Waals surface area contributed by atoms with Crippen LogP contribution in [0.5, 0.6) is 11.5 Å². The van der Waals surface area contributed by atoms with E-state index >= 15 is 0 Å². The number of hydrogen-bond acceptors (Lipinski definition) is 6. The van der Waals surface area contributed by atoms with Gasteiger partial charge in [-0.1, -0.05) is 31.5 Å². The summed E-state index contributed by atoms with van der Waals surface area (Å²) in [6.45, 7) is 10.2. The predicted octanol–water partition coefficient (Wildman–Crippen LogP) is 8.09. The van der Waals surface area contributed by atoms with Crippen molar-refractivity contribution in [1.29, 1.82) is 0 Å². The zero-order valence-electron chi connectivity index (χ0n) is 25.5. The van der Waals surface area contributed by atoms with Crippen LogP contribution in [0, 0.1) is 0 Å². The van der Waals surface area contributed by atoms with Crippen LogP contribution in [0.4, 0.5) is 0 Å². The minimum absolute atomic E-state index is 0.0692. The zero-order valence-corrected chi connectivity index (χ0v) is 26.3. The monoisotopic (exact) mass is 596 g/mol. The first-order valence-corrected chi connectivity index (χ1v) is 17.0. The topological polar surface area (TPSA) is 42.0 Å². The average Bonchev–Trinajstić information content (AvgIpc) is 3.82. The summed E-state index contributed by atoms with van der Waals surface area (Å²) in [7, 11) is 0. The van der Waals surface area contributed by atoms with Crippen LogP contribution in [-0.4, -0.2) is 68.1 Å². The van der Waals surface area contributed by atoms with Crippen molar-refractivity contribution >= 4 is 27.2 Å². The number of likely N-dealkylation sites (tertiary alicyclic amines) is 2. The van der Waals surface area contributed by atoms with Gasteiger partial charge >= 0.3 is 0 Å². The van der Waals surface area contributed by atoms with Gasteiger partial charge in [0.25, 0.3) is 0 Å². The quantitative estimate of drug-likeness (QED) is 0.138. The van der Waals surface area contributed by atoms with E-state index in [1.54, 1.807) is 11.3 Å². The van der Waals surface area contributed by atoms with E-state index in [-0.39, 0.29) is 5.78 Å². The number of thiophene rings is 1. The first-order chi connectivity index (χ1) is 21.2. The molecule has 0 radical (unpaired) electrons. The largest absolute Gasteiger partial charge is 0.492 e. The maximum atomic E-state index is 14.3. The van der Waals surface area contributed by atoms with Gasteiger partial charge in [-0.05, 0) is 124 Å². The lowest BCUT2D eigenvalue weighted by Crippen LogP contribution is -2.25. The third-order valence-corrected chi connectivity index (χ3v) is 10.0. The summed E-state index contributed by atoms with van der Waals surface area (Å²) in [6, 6.07) is 22.6. The highest BCUT2D eigenvalue weighted by atomic mass is 32.1. The molecule has 0 aliphatic carbocycles. The van der Waals surface area contributed by atoms with E-state index in [0.29, 0.717) is 13.2 Å². The number of hydrogen-bond donors (Lipinski definition) is 0. The number of rotatable bonds is 14. The number of aryl methyl sites for hydroxylation is 1. The summed E-state index contributed by atoms with van der Waals surface area (Å²) < 4.78 is 13.5. The number of ether oxygens (including phenoxy) is 2. The van der Waals surface area contributed by atoms with Crippen LogP contribution in [0.2, 0.25) is 0 Å². The van der Waals surface area contributed by atoms with Gasteiger partial charge in [-0.25, -0.2) is 0 Å². The summed E-state index contributed by atoms with van der Waals surface area (Å²) in [6.07, 6.45) is 8.24. The van der Waals surface area contributed by atoms with Crippen LogP contribution >= 0.6 is 11.3 Å². The van der Waals surface area contributed by atoms with Gasteiger partial charge in [0.2, 0.25) is 0 Å². The molecular weight excluding hydrogens is 552 g/mol. The normalized spacial score (nSPS) is 15.8. The Balaban J connectivity index is 1.23. The minimum atomic E-state index is 0.0692. The van der Waals surface area contributed by atoms with E-state index < -0.39 is 0 Å². The Morgan fingerprint density at radius 3 is 2.19 bits per heavy atom. The highest BCUT2D eigenvalue weighted by Gasteiger charge is 2.23. The molecule has 3 heterocycles. The van der Waals surface area contributed by atoms with Gasteiger partial charge in [-0.3, -0.25) is 14.6 Å². The first-order valence-electron chi connectivity index (χ1n) is 16.2. The average molecular weight is 597 g/mol. The van der Waals surface area contributed by atoms with Gasteiger partial charge in [0.1, 0.15) is 24.7 Å². The summed E-state index contributed by atoms with van der Waals surface area (Å²) >= 11 is 1.69. The molecule has 2 aliphatic heterocycles. The van der Waals surface area contributed by atoms with E-state index in [0.717, 1.165) is 81.1 Å². The van der Waals surface area contributed by atoms with E-state index in [2.05, 4.69) is 47.1 Å². The molecule has 0 bridgehead atoms. The van der Waals surface area contributed by atoms with E-state index in [1.807, 2.05) is 36.4 Å². The molecule has 0 atom stereocenters. The molecule has 2 aliphatic rings. The fourth-order valence-electron chi connectivity index (χ4n) is 6.33. The first kappa shape index (κ1) is 29.9. The number of fused-ring (bicyclic) bond motifs is 1. The minimum Gasteiger partial charge on any atom is -0.492 e. The number of unbranched alkanes of at least 4 members (excludes halogenated alkanes) is 1. The second kappa shape index (κ2) is 14.5. The molecule has 3 aromatic carbocycles. The van der Waals surface area contributed by atoms with Crippen molar-refractivity contribution in [3.05, 3.63) is 83.4 Å². The Kier molecular flexibility index (Phi) is 10.1. The molecular formula is C37H44N2O3S. The highest BCUT2D eigenvalue weighted by Crippen LogP contribution is 2.40. The molecule has 5 nitrogen and oxygen atoms in total. The Labute approximate surface area is 260 Å². The molecule has 0 amide bonds. The molecule has 2 fully saturated rings. The molecule has 0 N–H and O–H groups in total. The number of carbonyl (C=O) groups excluding carboxylic acids is 1. The molecule has 2 saturated heterocycles. The molecule has 6 heteroatoms. The van der Waals surface area contributed by atoms with Crippen molar-refractivity contribution in [3.8, 4) is 21.9 Å². The van der Waals surface area contributed by atoms with E-state index in [1.165, 1.54) is 51.9 Å². The van der Waals surface area contributed by atoms with Crippen LogP contribution in [0.15, 0.2) is 66.7 Å². The number of nitrogens with zero attached hydrogens (tertiary/aromatic N) is 2. The highest BCUT2D eigenvalue weighted by molar-refractivity contribution is 7.22. The van der Waals surface area contributed by atoms with Crippen LogP contribution in [0.1, 0.15) is 66.9 Å². The lowest BCUT2D eigenvalue weighted by atomic mass is 9.95. The molecule has 4 aromatic rings. The Morgan fingerprint density at radius 1 is 0.814 bits per heavy atom. The lowest BCUT2D eigenvalue weighted by Gasteiger charge is -2.17. The Morgan fingerprint density at radius 2 is 1.49 bits per heavy atom. The van der Waals surface area contributed by atoms with Crippen molar-refractivity contribution < 1.29 is 14.3 Å². The summed E-state index contributed by atoms with van der Waals surface area (Å²) in [5.41, 5.74) is 3.69. The van der Waals surface area contributed by atoms with Gasteiger partial charge < -0.3 is 9.47 Å². The van der Waals surface area contributed by atoms with Crippen molar-refractivity contribution in [3.63, 3.8) is 0 Å². The summed E-state index contributed by atoms with van der Waals surface area (Å²) in [5.74, 6) is 1.86. The molecule has 226 valence electrons. The number of carbonyl (C=O) groups is 1. The third-order valence-electron chi connectivity index (χ3n) is 8.80. The summed E-state index contributed by atoms with van der Waals surface area (Å²) in [4.78, 5) is 20.2. The van der Waals surface area contributed by atoms with Crippen LogP contribution in [-0.2, 0) is 6.42 Å². The van der Waals surface area contributed by atoms with Crippen LogP contribution in [0.3, 0.4) is 0 Å². The standard InChI is InChI=1S/C37H44N2O3S/c1-2-3-10-29-27-30(15-18-33(29)42-26-24-39-21-8-9-22-39)36(40)35-32-11-4-5-12-34(32)43-37(35)28-13-16-31(17-14-28)41-25-23-38-19-6-7-20-38/h4-5,11-18,27H,2-3,6-10,19-26H2,1H3. The van der Waals surface area contributed by atoms with Crippen molar-refractivity contribution in [2.24, 2.45) is 0 Å². The van der Waals surface area contributed by atoms with Crippen molar-refractivity contribution in [2.45, 2.75) is 51.9 Å². The van der Waals surface area contributed by atoms with Gasteiger partial charge in [-0.15, -0.1) is 11.3 Å². The molecule has 0 saturated carbocycles. The SMILES string of the molecule is CCCCc1cc(C(=O)c2c(-c3ccc(OCCN4CCCC4)cc3)sc3ccccc23)ccc1OCCN1CCCC1. The molecule has 0 unspecified atom stereocenters. The van der Waals surface area contributed by atoms with Gasteiger partial charge in [-0.2, -0.15) is 0 Å². The van der Waals surface area contributed by atoms with Gasteiger partial charge in [0.05, 0.1) is 0 Å². The fourth-order valence-corrected chi connectivity index (χ4v) is 7.54. The number of ketones is 1. The van der Waals surface area contributed by atoms with Crippen molar-refractivity contribution in [1.82, 2.24) is 9.80 Å². The Bertz CT molecular complexity index is 1500. The van der Waals surface area contributed by atoms with Crippen molar-refractivity contribution in [2.75, 3.05) is 52.5 Å². The maximum absolute atomic E-state index is 14.3. The van der Waals surface area contributed by atoms with Crippen LogP contribution in [0.25, 0.3) is 20.5 Å².